The summed E-state index contributed by atoms with van der Waals surface area (Å²) in [5.74, 6) is 0.290. The third-order valence-electron chi connectivity index (χ3n) is 3.79. The summed E-state index contributed by atoms with van der Waals surface area (Å²) >= 11 is 0. The van der Waals surface area contributed by atoms with Gasteiger partial charge in [-0.25, -0.2) is 0 Å². The van der Waals surface area contributed by atoms with E-state index >= 15 is 0 Å². The SMILES string of the molecule is CC(C)CC(CN)NC(=O)C1CC(=O)N(CCN(C)C)C1. The van der Waals surface area contributed by atoms with Gasteiger partial charge >= 0.3 is 0 Å². The van der Waals surface area contributed by atoms with Crippen molar-refractivity contribution in [3.63, 3.8) is 0 Å². The molecular weight excluding hydrogens is 268 g/mol. The molecule has 6 nitrogen and oxygen atoms in total. The maximum atomic E-state index is 12.3. The van der Waals surface area contributed by atoms with Gasteiger partial charge in [-0.3, -0.25) is 9.59 Å². The van der Waals surface area contributed by atoms with Gasteiger partial charge in [0.15, 0.2) is 0 Å². The lowest BCUT2D eigenvalue weighted by Gasteiger charge is -2.22. The fourth-order valence-electron chi connectivity index (χ4n) is 2.59. The van der Waals surface area contributed by atoms with Crippen molar-refractivity contribution in [3.05, 3.63) is 0 Å². The van der Waals surface area contributed by atoms with E-state index in [4.69, 9.17) is 5.73 Å². The first-order chi connectivity index (χ1) is 9.83. The van der Waals surface area contributed by atoms with Crippen LogP contribution in [0.15, 0.2) is 0 Å². The fraction of sp³-hybridized carbons (Fsp3) is 0.867. The quantitative estimate of drug-likeness (QED) is 0.655. The van der Waals surface area contributed by atoms with Gasteiger partial charge in [0.05, 0.1) is 5.92 Å². The number of carbonyl (C=O) groups excluding carboxylic acids is 2. The van der Waals surface area contributed by atoms with Crippen LogP contribution in [0.1, 0.15) is 26.7 Å². The van der Waals surface area contributed by atoms with Crippen LogP contribution in [0.25, 0.3) is 0 Å². The molecule has 122 valence electrons. The number of nitrogens with two attached hydrogens (primary N) is 1. The van der Waals surface area contributed by atoms with Crippen molar-refractivity contribution >= 4 is 11.8 Å². The van der Waals surface area contributed by atoms with Gasteiger partial charge in [-0.15, -0.1) is 0 Å². The van der Waals surface area contributed by atoms with Crippen molar-refractivity contribution in [2.24, 2.45) is 17.6 Å². The van der Waals surface area contributed by atoms with Gasteiger partial charge in [0.2, 0.25) is 11.8 Å². The molecule has 0 spiro atoms. The van der Waals surface area contributed by atoms with Crippen molar-refractivity contribution in [2.75, 3.05) is 40.3 Å². The van der Waals surface area contributed by atoms with Crippen LogP contribution >= 0.6 is 0 Å². The number of nitrogens with one attached hydrogen (secondary N) is 1. The lowest BCUT2D eigenvalue weighted by atomic mass is 10.0. The molecule has 2 amide bonds. The van der Waals surface area contributed by atoms with Crippen molar-refractivity contribution < 1.29 is 9.59 Å². The molecule has 0 radical (unpaired) electrons. The Morgan fingerprint density at radius 1 is 1.48 bits per heavy atom. The van der Waals surface area contributed by atoms with E-state index in [1.165, 1.54) is 0 Å². The molecule has 21 heavy (non-hydrogen) atoms. The van der Waals surface area contributed by atoms with Crippen LogP contribution in [-0.2, 0) is 9.59 Å². The Labute approximate surface area is 128 Å². The summed E-state index contributed by atoms with van der Waals surface area (Å²) in [5.41, 5.74) is 5.71. The topological polar surface area (TPSA) is 78.7 Å². The molecule has 1 aliphatic heterocycles. The molecule has 0 aromatic rings. The molecular formula is C15H30N4O2. The van der Waals surface area contributed by atoms with Crippen LogP contribution in [0.3, 0.4) is 0 Å². The Bertz CT molecular complexity index is 358. The number of carbonyl (C=O) groups is 2. The number of hydrogen-bond donors (Lipinski definition) is 2. The molecule has 2 unspecified atom stereocenters. The molecule has 0 aliphatic carbocycles. The number of nitrogens with zero attached hydrogens (tertiary/aromatic N) is 2. The van der Waals surface area contributed by atoms with E-state index in [2.05, 4.69) is 19.2 Å². The largest absolute Gasteiger partial charge is 0.352 e. The Balaban J connectivity index is 2.46. The molecule has 0 aromatic carbocycles. The van der Waals surface area contributed by atoms with Gasteiger partial charge in [-0.1, -0.05) is 13.8 Å². The number of rotatable bonds is 8. The Morgan fingerprint density at radius 3 is 2.67 bits per heavy atom. The zero-order valence-electron chi connectivity index (χ0n) is 13.8. The van der Waals surface area contributed by atoms with E-state index in [-0.39, 0.29) is 23.8 Å². The minimum absolute atomic E-state index is 0.00317. The molecule has 0 saturated carbocycles. The van der Waals surface area contributed by atoms with Crippen LogP contribution in [-0.4, -0.2) is 67.9 Å². The average molecular weight is 298 g/mol. The molecule has 1 fully saturated rings. The first-order valence-electron chi connectivity index (χ1n) is 7.76. The van der Waals surface area contributed by atoms with E-state index in [1.54, 1.807) is 4.90 Å². The van der Waals surface area contributed by atoms with Crippen LogP contribution < -0.4 is 11.1 Å². The molecule has 1 saturated heterocycles. The highest BCUT2D eigenvalue weighted by Crippen LogP contribution is 2.18. The third-order valence-corrected chi connectivity index (χ3v) is 3.79. The molecule has 6 heteroatoms. The Kier molecular flexibility index (Phi) is 7.11. The van der Waals surface area contributed by atoms with Gasteiger partial charge in [0, 0.05) is 38.6 Å². The average Bonchev–Trinajstić information content (AvgIpc) is 2.76. The monoisotopic (exact) mass is 298 g/mol. The van der Waals surface area contributed by atoms with Crippen molar-refractivity contribution in [3.8, 4) is 0 Å². The molecule has 0 aromatic heterocycles. The zero-order valence-corrected chi connectivity index (χ0v) is 13.8. The van der Waals surface area contributed by atoms with Gasteiger partial charge in [-0.05, 0) is 26.4 Å². The van der Waals surface area contributed by atoms with Crippen molar-refractivity contribution in [2.45, 2.75) is 32.7 Å². The van der Waals surface area contributed by atoms with E-state index in [0.717, 1.165) is 13.0 Å². The van der Waals surface area contributed by atoms with E-state index < -0.39 is 0 Å². The summed E-state index contributed by atoms with van der Waals surface area (Å²) in [6.45, 7) is 6.68. The Hall–Kier alpha value is -1.14. The molecule has 3 N–H and O–H groups in total. The predicted octanol–water partition coefficient (Wildman–Crippen LogP) is -0.114. The molecule has 1 heterocycles. The third kappa shape index (κ3) is 6.01. The standard InChI is InChI=1S/C15H30N4O2/c1-11(2)7-13(9-16)17-15(21)12-8-14(20)19(10-12)6-5-18(3)4/h11-13H,5-10,16H2,1-4H3,(H,17,21). The first-order valence-corrected chi connectivity index (χ1v) is 7.76. The fourth-order valence-corrected chi connectivity index (χ4v) is 2.59. The second-order valence-corrected chi connectivity index (χ2v) is 6.61. The minimum Gasteiger partial charge on any atom is -0.352 e. The normalized spacial score (nSPS) is 20.4. The van der Waals surface area contributed by atoms with E-state index in [0.29, 0.717) is 32.0 Å². The highest BCUT2D eigenvalue weighted by atomic mass is 16.2. The maximum Gasteiger partial charge on any atom is 0.225 e. The van der Waals surface area contributed by atoms with Crippen molar-refractivity contribution in [1.82, 2.24) is 15.1 Å². The van der Waals surface area contributed by atoms with Gasteiger partial charge in [0.25, 0.3) is 0 Å². The van der Waals surface area contributed by atoms with Crippen LogP contribution in [0.2, 0.25) is 0 Å². The van der Waals surface area contributed by atoms with E-state index in [9.17, 15) is 9.59 Å². The highest BCUT2D eigenvalue weighted by molar-refractivity contribution is 5.89. The van der Waals surface area contributed by atoms with Crippen molar-refractivity contribution in [1.29, 1.82) is 0 Å². The molecule has 2 atom stereocenters. The number of likely N-dealkylation sites (N-methyl/N-ethyl adjacent to an activating group) is 1. The van der Waals surface area contributed by atoms with Crippen LogP contribution in [0.5, 0.6) is 0 Å². The lowest BCUT2D eigenvalue weighted by molar-refractivity contribution is -0.129. The Morgan fingerprint density at radius 2 is 2.14 bits per heavy atom. The van der Waals surface area contributed by atoms with E-state index in [1.807, 2.05) is 19.0 Å². The van der Waals surface area contributed by atoms with Gasteiger partial charge in [0.1, 0.15) is 0 Å². The number of amides is 2. The highest BCUT2D eigenvalue weighted by Gasteiger charge is 2.34. The smallest absolute Gasteiger partial charge is 0.225 e. The molecule has 0 bridgehead atoms. The number of hydrogen-bond acceptors (Lipinski definition) is 4. The summed E-state index contributed by atoms with van der Waals surface area (Å²) in [7, 11) is 3.95. The van der Waals surface area contributed by atoms with Gasteiger partial charge < -0.3 is 20.9 Å². The summed E-state index contributed by atoms with van der Waals surface area (Å²) in [4.78, 5) is 28.0. The second-order valence-electron chi connectivity index (χ2n) is 6.61. The minimum atomic E-state index is -0.235. The first kappa shape index (κ1) is 17.9. The summed E-state index contributed by atoms with van der Waals surface area (Å²) in [6.07, 6.45) is 1.19. The number of likely N-dealkylation sites (tertiary alicyclic amines) is 1. The zero-order chi connectivity index (χ0) is 16.0. The van der Waals surface area contributed by atoms with Crippen LogP contribution in [0, 0.1) is 11.8 Å². The maximum absolute atomic E-state index is 12.3. The predicted molar refractivity (Wildman–Crippen MR) is 83.7 cm³/mol. The summed E-state index contributed by atoms with van der Waals surface area (Å²) in [5, 5.41) is 2.99. The summed E-state index contributed by atoms with van der Waals surface area (Å²) < 4.78 is 0. The second kappa shape index (κ2) is 8.34. The lowest BCUT2D eigenvalue weighted by Crippen LogP contribution is -2.44. The molecule has 1 aliphatic rings. The van der Waals surface area contributed by atoms with Crippen LogP contribution in [0.4, 0.5) is 0 Å². The summed E-state index contributed by atoms with van der Waals surface area (Å²) in [6, 6.07) is 0.00317. The van der Waals surface area contributed by atoms with Gasteiger partial charge in [-0.2, -0.15) is 0 Å². The molecule has 1 rings (SSSR count).